The molecule has 5 nitrogen and oxygen atoms in total. The molecule has 2 aromatic rings. The number of hydrogen-bond donors (Lipinski definition) is 1. The Morgan fingerprint density at radius 3 is 2.62 bits per heavy atom. The van der Waals surface area contributed by atoms with Crippen LogP contribution < -0.4 is 5.32 Å². The van der Waals surface area contributed by atoms with Gasteiger partial charge in [-0.25, -0.2) is 9.97 Å². The van der Waals surface area contributed by atoms with Gasteiger partial charge in [0, 0.05) is 31.3 Å². The third-order valence-electron chi connectivity index (χ3n) is 2.05. The smallest absolute Gasteiger partial charge is 0.154 e. The van der Waals surface area contributed by atoms with E-state index in [2.05, 4.69) is 32.2 Å². The summed E-state index contributed by atoms with van der Waals surface area (Å²) in [6.07, 6.45) is 9.32. The highest BCUT2D eigenvalue weighted by atomic mass is 15.0. The Balaban J connectivity index is 2.33. The fourth-order valence-corrected chi connectivity index (χ4v) is 1.32. The van der Waals surface area contributed by atoms with Gasteiger partial charge in [0.05, 0.1) is 6.20 Å². The summed E-state index contributed by atoms with van der Waals surface area (Å²) in [5, 5.41) is 3.22. The summed E-state index contributed by atoms with van der Waals surface area (Å²) in [6.45, 7) is 2.97. The van der Waals surface area contributed by atoms with Crippen LogP contribution >= 0.6 is 0 Å². The Morgan fingerprint density at radius 2 is 1.88 bits per heavy atom. The lowest BCUT2D eigenvalue weighted by atomic mass is 10.3. The number of anilines is 1. The summed E-state index contributed by atoms with van der Waals surface area (Å²) in [5.41, 5.74) is 1.47. The van der Waals surface area contributed by atoms with Crippen LogP contribution in [0.4, 0.5) is 5.82 Å². The third-order valence-corrected chi connectivity index (χ3v) is 2.05. The average Bonchev–Trinajstić information content (AvgIpc) is 2.38. The van der Waals surface area contributed by atoms with Gasteiger partial charge in [0.25, 0.3) is 0 Å². The number of nitrogens with one attached hydrogen (secondary N) is 1. The van der Waals surface area contributed by atoms with Crippen molar-refractivity contribution in [1.29, 1.82) is 0 Å². The van der Waals surface area contributed by atoms with Crippen molar-refractivity contribution in [3.05, 3.63) is 31.0 Å². The van der Waals surface area contributed by atoms with Crippen LogP contribution in [0, 0.1) is 0 Å². The van der Waals surface area contributed by atoms with Crippen LogP contribution in [-0.2, 0) is 0 Å². The van der Waals surface area contributed by atoms with Crippen molar-refractivity contribution < 1.29 is 0 Å². The van der Waals surface area contributed by atoms with Crippen molar-refractivity contribution in [3.8, 4) is 11.4 Å². The second-order valence-electron chi connectivity index (χ2n) is 3.27. The van der Waals surface area contributed by atoms with Crippen molar-refractivity contribution in [1.82, 2.24) is 19.9 Å². The Labute approximate surface area is 94.0 Å². The van der Waals surface area contributed by atoms with Crippen LogP contribution in [-0.4, -0.2) is 26.5 Å². The maximum absolute atomic E-state index is 4.27. The van der Waals surface area contributed by atoms with Crippen molar-refractivity contribution in [2.75, 3.05) is 11.9 Å². The van der Waals surface area contributed by atoms with Gasteiger partial charge >= 0.3 is 0 Å². The standard InChI is InChI=1S/C11H13N5/c1-2-3-15-11-10(14-6-7-16-11)9-8-12-4-5-13-9/h4-8H,2-3H2,1H3,(H,15,16). The minimum atomic E-state index is 0.731. The summed E-state index contributed by atoms with van der Waals surface area (Å²) >= 11 is 0. The molecular weight excluding hydrogens is 202 g/mol. The maximum Gasteiger partial charge on any atom is 0.154 e. The van der Waals surface area contributed by atoms with Crippen LogP contribution in [0.3, 0.4) is 0 Å². The van der Waals surface area contributed by atoms with E-state index >= 15 is 0 Å². The van der Waals surface area contributed by atoms with Crippen LogP contribution in [0.25, 0.3) is 11.4 Å². The fraction of sp³-hybridized carbons (Fsp3) is 0.273. The monoisotopic (exact) mass is 215 g/mol. The molecule has 0 saturated heterocycles. The number of hydrogen-bond acceptors (Lipinski definition) is 5. The molecule has 0 unspecified atom stereocenters. The highest BCUT2D eigenvalue weighted by Crippen LogP contribution is 2.19. The Hall–Kier alpha value is -2.04. The summed E-state index contributed by atoms with van der Waals surface area (Å²) in [7, 11) is 0. The van der Waals surface area contributed by atoms with Crippen LogP contribution in [0.1, 0.15) is 13.3 Å². The van der Waals surface area contributed by atoms with Gasteiger partial charge in [0.15, 0.2) is 5.82 Å². The van der Waals surface area contributed by atoms with Gasteiger partial charge in [-0.2, -0.15) is 0 Å². The van der Waals surface area contributed by atoms with Gasteiger partial charge in [-0.05, 0) is 6.42 Å². The lowest BCUT2D eigenvalue weighted by Crippen LogP contribution is -2.05. The topological polar surface area (TPSA) is 63.6 Å². The molecule has 5 heteroatoms. The molecule has 0 bridgehead atoms. The lowest BCUT2D eigenvalue weighted by Gasteiger charge is -2.07. The maximum atomic E-state index is 4.27. The molecule has 0 atom stereocenters. The number of rotatable bonds is 4. The quantitative estimate of drug-likeness (QED) is 0.841. The zero-order valence-electron chi connectivity index (χ0n) is 9.09. The van der Waals surface area contributed by atoms with Gasteiger partial charge in [-0.15, -0.1) is 0 Å². The molecule has 2 heterocycles. The second-order valence-corrected chi connectivity index (χ2v) is 3.27. The van der Waals surface area contributed by atoms with E-state index < -0.39 is 0 Å². The molecule has 2 rings (SSSR count). The summed E-state index contributed by atoms with van der Waals surface area (Å²) in [6, 6.07) is 0. The summed E-state index contributed by atoms with van der Waals surface area (Å²) in [4.78, 5) is 16.8. The van der Waals surface area contributed by atoms with E-state index in [4.69, 9.17) is 0 Å². The van der Waals surface area contributed by atoms with Crippen LogP contribution in [0.5, 0.6) is 0 Å². The zero-order chi connectivity index (χ0) is 11.2. The minimum Gasteiger partial charge on any atom is -0.368 e. The lowest BCUT2D eigenvalue weighted by molar-refractivity contribution is 0.964. The molecule has 0 aliphatic carbocycles. The third kappa shape index (κ3) is 2.31. The first kappa shape index (κ1) is 10.5. The SMILES string of the molecule is CCCNc1nccnc1-c1cnccn1. The molecule has 0 radical (unpaired) electrons. The highest BCUT2D eigenvalue weighted by molar-refractivity contribution is 5.67. The van der Waals surface area contributed by atoms with Crippen LogP contribution in [0.2, 0.25) is 0 Å². The van der Waals surface area contributed by atoms with E-state index in [1.807, 2.05) is 0 Å². The van der Waals surface area contributed by atoms with E-state index in [0.29, 0.717) is 0 Å². The van der Waals surface area contributed by atoms with Crippen molar-refractivity contribution in [3.63, 3.8) is 0 Å². The minimum absolute atomic E-state index is 0.731. The molecule has 0 aliphatic heterocycles. The normalized spacial score (nSPS) is 10.1. The Morgan fingerprint density at radius 1 is 1.06 bits per heavy atom. The van der Waals surface area contributed by atoms with Gasteiger partial charge in [-0.1, -0.05) is 6.92 Å². The molecule has 82 valence electrons. The van der Waals surface area contributed by atoms with Gasteiger partial charge in [0.2, 0.25) is 0 Å². The van der Waals surface area contributed by atoms with E-state index in [-0.39, 0.29) is 0 Å². The fourth-order valence-electron chi connectivity index (χ4n) is 1.32. The van der Waals surface area contributed by atoms with Crippen molar-refractivity contribution >= 4 is 5.82 Å². The molecular formula is C11H13N5. The van der Waals surface area contributed by atoms with Crippen molar-refractivity contribution in [2.24, 2.45) is 0 Å². The van der Waals surface area contributed by atoms with E-state index in [1.54, 1.807) is 31.0 Å². The largest absolute Gasteiger partial charge is 0.368 e. The number of aromatic nitrogens is 4. The number of nitrogens with zero attached hydrogens (tertiary/aromatic N) is 4. The first-order valence-corrected chi connectivity index (χ1v) is 5.23. The van der Waals surface area contributed by atoms with E-state index in [1.165, 1.54) is 0 Å². The molecule has 0 spiro atoms. The molecule has 16 heavy (non-hydrogen) atoms. The second kappa shape index (κ2) is 5.16. The highest BCUT2D eigenvalue weighted by Gasteiger charge is 2.07. The summed E-state index contributed by atoms with van der Waals surface area (Å²) < 4.78 is 0. The van der Waals surface area contributed by atoms with Crippen LogP contribution in [0.15, 0.2) is 31.0 Å². The first-order valence-electron chi connectivity index (χ1n) is 5.23. The molecule has 0 aliphatic rings. The van der Waals surface area contributed by atoms with E-state index in [0.717, 1.165) is 30.2 Å². The van der Waals surface area contributed by atoms with E-state index in [9.17, 15) is 0 Å². The predicted octanol–water partition coefficient (Wildman–Crippen LogP) is 1.76. The molecule has 0 aromatic carbocycles. The molecule has 1 N–H and O–H groups in total. The van der Waals surface area contributed by atoms with Gasteiger partial charge in [0.1, 0.15) is 11.4 Å². The molecule has 0 amide bonds. The molecule has 0 saturated carbocycles. The van der Waals surface area contributed by atoms with Gasteiger partial charge < -0.3 is 5.32 Å². The molecule has 0 fully saturated rings. The average molecular weight is 215 g/mol. The Kier molecular flexibility index (Phi) is 3.38. The molecule has 2 aromatic heterocycles. The Bertz CT molecular complexity index is 443. The van der Waals surface area contributed by atoms with Gasteiger partial charge in [-0.3, -0.25) is 9.97 Å². The first-order chi connectivity index (χ1) is 7.92. The zero-order valence-corrected chi connectivity index (χ0v) is 9.09. The van der Waals surface area contributed by atoms with Crippen molar-refractivity contribution in [2.45, 2.75) is 13.3 Å². The predicted molar refractivity (Wildman–Crippen MR) is 61.8 cm³/mol. The summed E-state index contributed by atoms with van der Waals surface area (Å²) in [5.74, 6) is 0.754.